The van der Waals surface area contributed by atoms with Crippen molar-refractivity contribution < 1.29 is 14.6 Å². The second-order valence-corrected chi connectivity index (χ2v) is 6.35. The van der Waals surface area contributed by atoms with Gasteiger partial charge in [0.15, 0.2) is 11.5 Å². The lowest BCUT2D eigenvalue weighted by Crippen LogP contribution is -2.44. The van der Waals surface area contributed by atoms with Crippen molar-refractivity contribution in [2.24, 2.45) is 5.41 Å². The number of aliphatic hydroxyl groups is 1. The molecule has 0 aromatic heterocycles. The molecule has 1 saturated carbocycles. The van der Waals surface area contributed by atoms with Crippen molar-refractivity contribution in [1.82, 2.24) is 5.32 Å². The van der Waals surface area contributed by atoms with Gasteiger partial charge in [-0.2, -0.15) is 0 Å². The number of fused-ring (bicyclic) bond motifs is 1. The fourth-order valence-corrected chi connectivity index (χ4v) is 3.35. The lowest BCUT2D eigenvalue weighted by molar-refractivity contribution is 0.0645. The van der Waals surface area contributed by atoms with E-state index < -0.39 is 0 Å². The average Bonchev–Trinajstić information content (AvgIpc) is 2.55. The first-order chi connectivity index (χ1) is 10.3. The van der Waals surface area contributed by atoms with Gasteiger partial charge in [-0.25, -0.2) is 0 Å². The van der Waals surface area contributed by atoms with Crippen LogP contribution in [0.1, 0.15) is 32.1 Å². The SMILES string of the molecule is OCC1(CNCC2COc3ccccc3O2)CCCCC1. The van der Waals surface area contributed by atoms with Crippen LogP contribution in [0.2, 0.25) is 0 Å². The van der Waals surface area contributed by atoms with Gasteiger partial charge in [-0.1, -0.05) is 31.4 Å². The van der Waals surface area contributed by atoms with Gasteiger partial charge in [0.1, 0.15) is 12.7 Å². The maximum Gasteiger partial charge on any atom is 0.161 e. The summed E-state index contributed by atoms with van der Waals surface area (Å²) >= 11 is 0. The Morgan fingerprint density at radius 3 is 2.67 bits per heavy atom. The molecule has 0 amide bonds. The van der Waals surface area contributed by atoms with Crippen molar-refractivity contribution in [3.63, 3.8) is 0 Å². The van der Waals surface area contributed by atoms with Gasteiger partial charge in [0.25, 0.3) is 0 Å². The molecule has 1 fully saturated rings. The van der Waals surface area contributed by atoms with Crippen LogP contribution in [0.5, 0.6) is 11.5 Å². The lowest BCUT2D eigenvalue weighted by Gasteiger charge is -2.36. The molecule has 1 heterocycles. The monoisotopic (exact) mass is 291 g/mol. The highest BCUT2D eigenvalue weighted by atomic mass is 16.6. The Bertz CT molecular complexity index is 457. The van der Waals surface area contributed by atoms with Crippen LogP contribution in [-0.2, 0) is 0 Å². The number of benzene rings is 1. The maximum atomic E-state index is 9.71. The van der Waals surface area contributed by atoms with Crippen molar-refractivity contribution in [2.45, 2.75) is 38.2 Å². The minimum absolute atomic E-state index is 0.0410. The number of hydrogen-bond acceptors (Lipinski definition) is 4. The van der Waals surface area contributed by atoms with Crippen molar-refractivity contribution >= 4 is 0 Å². The summed E-state index contributed by atoms with van der Waals surface area (Å²) in [5.41, 5.74) is 0.0751. The van der Waals surface area contributed by atoms with E-state index in [-0.39, 0.29) is 18.1 Å². The number of ether oxygens (including phenoxy) is 2. The predicted molar refractivity (Wildman–Crippen MR) is 81.8 cm³/mol. The molecule has 3 rings (SSSR count). The summed E-state index contributed by atoms with van der Waals surface area (Å²) in [4.78, 5) is 0. The van der Waals surface area contributed by atoms with Crippen LogP contribution in [0, 0.1) is 5.41 Å². The van der Waals surface area contributed by atoms with Gasteiger partial charge >= 0.3 is 0 Å². The quantitative estimate of drug-likeness (QED) is 0.874. The molecule has 21 heavy (non-hydrogen) atoms. The van der Waals surface area contributed by atoms with Gasteiger partial charge in [0.05, 0.1) is 0 Å². The van der Waals surface area contributed by atoms with Crippen molar-refractivity contribution in [3.05, 3.63) is 24.3 Å². The van der Waals surface area contributed by atoms with Crippen molar-refractivity contribution in [3.8, 4) is 11.5 Å². The number of hydrogen-bond donors (Lipinski definition) is 2. The van der Waals surface area contributed by atoms with E-state index in [1.54, 1.807) is 0 Å². The summed E-state index contributed by atoms with van der Waals surface area (Å²) in [7, 11) is 0. The summed E-state index contributed by atoms with van der Waals surface area (Å²) < 4.78 is 11.7. The summed E-state index contributed by atoms with van der Waals surface area (Å²) in [5.74, 6) is 1.65. The third-order valence-corrected chi connectivity index (χ3v) is 4.69. The molecule has 0 saturated heterocycles. The minimum Gasteiger partial charge on any atom is -0.486 e. The molecule has 1 aliphatic carbocycles. The molecule has 0 radical (unpaired) electrons. The molecule has 1 aliphatic heterocycles. The molecule has 2 N–H and O–H groups in total. The standard InChI is InChI=1S/C17H25NO3/c19-13-17(8-4-1-5-9-17)12-18-10-14-11-20-15-6-2-3-7-16(15)21-14/h2-3,6-7,14,18-19H,1,4-5,8-13H2. The molecule has 2 aliphatic rings. The Morgan fingerprint density at radius 1 is 1.14 bits per heavy atom. The van der Waals surface area contributed by atoms with Gasteiger partial charge in [0, 0.05) is 25.1 Å². The molecule has 1 aromatic rings. The van der Waals surface area contributed by atoms with Crippen LogP contribution in [0.4, 0.5) is 0 Å². The largest absolute Gasteiger partial charge is 0.486 e. The fourth-order valence-electron chi connectivity index (χ4n) is 3.35. The molecule has 0 bridgehead atoms. The number of rotatable bonds is 5. The highest BCUT2D eigenvalue weighted by molar-refractivity contribution is 5.40. The zero-order valence-electron chi connectivity index (χ0n) is 12.5. The maximum absolute atomic E-state index is 9.71. The van der Waals surface area contributed by atoms with E-state index >= 15 is 0 Å². The molecule has 4 heteroatoms. The first kappa shape index (κ1) is 14.7. The second-order valence-electron chi connectivity index (χ2n) is 6.35. The third-order valence-electron chi connectivity index (χ3n) is 4.69. The van der Waals surface area contributed by atoms with Crippen LogP contribution in [0.15, 0.2) is 24.3 Å². The van der Waals surface area contributed by atoms with Crippen LogP contribution < -0.4 is 14.8 Å². The van der Waals surface area contributed by atoms with E-state index in [9.17, 15) is 5.11 Å². The first-order valence-corrected chi connectivity index (χ1v) is 8.01. The van der Waals surface area contributed by atoms with Crippen LogP contribution in [-0.4, -0.2) is 37.5 Å². The van der Waals surface area contributed by atoms with Crippen molar-refractivity contribution in [1.29, 1.82) is 0 Å². The molecular weight excluding hydrogens is 266 g/mol. The number of para-hydroxylation sites is 2. The first-order valence-electron chi connectivity index (χ1n) is 8.01. The number of nitrogens with one attached hydrogen (secondary N) is 1. The van der Waals surface area contributed by atoms with Gasteiger partial charge in [-0.05, 0) is 25.0 Å². The van der Waals surface area contributed by atoms with Gasteiger partial charge in [-0.3, -0.25) is 0 Å². The Morgan fingerprint density at radius 2 is 1.90 bits per heavy atom. The topological polar surface area (TPSA) is 50.7 Å². The molecular formula is C17H25NO3. The Labute approximate surface area is 126 Å². The molecule has 1 atom stereocenters. The zero-order chi connectivity index (χ0) is 14.5. The van der Waals surface area contributed by atoms with E-state index in [0.29, 0.717) is 6.61 Å². The Balaban J connectivity index is 1.48. The zero-order valence-corrected chi connectivity index (χ0v) is 12.5. The third kappa shape index (κ3) is 3.50. The lowest BCUT2D eigenvalue weighted by atomic mass is 9.74. The normalized spacial score (nSPS) is 23.8. The van der Waals surface area contributed by atoms with E-state index in [4.69, 9.17) is 9.47 Å². The average molecular weight is 291 g/mol. The smallest absolute Gasteiger partial charge is 0.161 e. The van der Waals surface area contributed by atoms with E-state index in [1.807, 2.05) is 24.3 Å². The summed E-state index contributed by atoms with van der Waals surface area (Å²) in [6.45, 7) is 2.49. The van der Waals surface area contributed by atoms with Gasteiger partial charge < -0.3 is 19.9 Å². The Kier molecular flexibility index (Phi) is 4.66. The number of aliphatic hydroxyl groups excluding tert-OH is 1. The van der Waals surface area contributed by atoms with Crippen molar-refractivity contribution in [2.75, 3.05) is 26.3 Å². The Hall–Kier alpha value is -1.26. The second kappa shape index (κ2) is 6.67. The predicted octanol–water partition coefficient (Wildman–Crippen LogP) is 2.36. The highest BCUT2D eigenvalue weighted by Crippen LogP contribution is 2.35. The van der Waals surface area contributed by atoms with Crippen LogP contribution in [0.25, 0.3) is 0 Å². The highest BCUT2D eigenvalue weighted by Gasteiger charge is 2.31. The molecule has 1 unspecified atom stereocenters. The molecule has 1 aromatic carbocycles. The fraction of sp³-hybridized carbons (Fsp3) is 0.647. The minimum atomic E-state index is 0.0410. The molecule has 4 nitrogen and oxygen atoms in total. The summed E-state index contributed by atoms with van der Waals surface area (Å²) in [5, 5.41) is 13.2. The van der Waals surface area contributed by atoms with Crippen LogP contribution in [0.3, 0.4) is 0 Å². The van der Waals surface area contributed by atoms with E-state index in [2.05, 4.69) is 5.32 Å². The van der Waals surface area contributed by atoms with E-state index in [0.717, 1.165) is 37.4 Å². The van der Waals surface area contributed by atoms with Gasteiger partial charge in [0.2, 0.25) is 0 Å². The molecule has 0 spiro atoms. The summed E-state index contributed by atoms with van der Waals surface area (Å²) in [6, 6.07) is 7.79. The van der Waals surface area contributed by atoms with Crippen LogP contribution >= 0.6 is 0 Å². The van der Waals surface area contributed by atoms with Gasteiger partial charge in [-0.15, -0.1) is 0 Å². The van der Waals surface area contributed by atoms with E-state index in [1.165, 1.54) is 19.3 Å². The summed E-state index contributed by atoms with van der Waals surface area (Å²) in [6.07, 6.45) is 6.07. The molecule has 116 valence electrons.